The predicted octanol–water partition coefficient (Wildman–Crippen LogP) is 5.52. The van der Waals surface area contributed by atoms with Gasteiger partial charge in [-0.25, -0.2) is 9.59 Å². The van der Waals surface area contributed by atoms with E-state index < -0.39 is 11.9 Å². The van der Waals surface area contributed by atoms with Crippen molar-refractivity contribution >= 4 is 11.9 Å². The summed E-state index contributed by atoms with van der Waals surface area (Å²) in [4.78, 5) is 23.8. The van der Waals surface area contributed by atoms with Crippen molar-refractivity contribution < 1.29 is 19.4 Å². The monoisotopic (exact) mass is 362 g/mol. The van der Waals surface area contributed by atoms with Crippen LogP contribution in [0, 0.1) is 29.6 Å². The van der Waals surface area contributed by atoms with Crippen LogP contribution >= 0.6 is 0 Å². The number of carbonyl (C=O) groups excluding carboxylic acids is 1. The summed E-state index contributed by atoms with van der Waals surface area (Å²) in [5, 5.41) is 9.26. The van der Waals surface area contributed by atoms with E-state index in [2.05, 4.69) is 41.5 Å². The highest BCUT2D eigenvalue weighted by Crippen LogP contribution is 2.31. The van der Waals surface area contributed by atoms with Gasteiger partial charge in [0.1, 0.15) is 0 Å². The first-order valence-corrected chi connectivity index (χ1v) is 9.62. The van der Waals surface area contributed by atoms with Gasteiger partial charge in [-0.1, -0.05) is 53.7 Å². The average Bonchev–Trinajstić information content (AvgIpc) is 2.53. The number of hydrogen-bond acceptors (Lipinski definition) is 3. The van der Waals surface area contributed by atoms with E-state index >= 15 is 0 Å². The number of carboxylic acid groups (broad SMARTS) is 1. The first kappa shape index (κ1) is 22.2. The van der Waals surface area contributed by atoms with E-state index in [0.717, 1.165) is 12.8 Å². The highest BCUT2D eigenvalue weighted by atomic mass is 16.5. The van der Waals surface area contributed by atoms with Crippen LogP contribution in [-0.2, 0) is 4.74 Å². The van der Waals surface area contributed by atoms with Gasteiger partial charge in [-0.2, -0.15) is 0 Å². The molecular formula is C22H34O4. The molecule has 1 rings (SSSR count). The Morgan fingerprint density at radius 3 is 1.77 bits per heavy atom. The topological polar surface area (TPSA) is 63.6 Å². The lowest BCUT2D eigenvalue weighted by Crippen LogP contribution is -2.28. The third kappa shape index (κ3) is 6.81. The molecule has 0 spiro atoms. The molecule has 0 heterocycles. The SMILES string of the molecule is CC(C)CC(C)C(COC(=O)c1ccccc1C(=O)O)C(C)CC(C)C. The summed E-state index contributed by atoms with van der Waals surface area (Å²) in [6.07, 6.45) is 2.16. The van der Waals surface area contributed by atoms with Gasteiger partial charge in [0.05, 0.1) is 17.7 Å². The number of carbonyl (C=O) groups is 2. The number of esters is 1. The van der Waals surface area contributed by atoms with E-state index in [0.29, 0.717) is 30.3 Å². The van der Waals surface area contributed by atoms with Gasteiger partial charge >= 0.3 is 11.9 Å². The fraction of sp³-hybridized carbons (Fsp3) is 0.636. The van der Waals surface area contributed by atoms with Crippen LogP contribution in [0.4, 0.5) is 0 Å². The van der Waals surface area contributed by atoms with Crippen molar-refractivity contribution in [3.63, 3.8) is 0 Å². The zero-order chi connectivity index (χ0) is 19.9. The van der Waals surface area contributed by atoms with E-state index in [9.17, 15) is 14.7 Å². The number of rotatable bonds is 10. The molecule has 2 unspecified atom stereocenters. The van der Waals surface area contributed by atoms with E-state index in [-0.39, 0.29) is 17.0 Å². The molecule has 0 aliphatic heterocycles. The molecule has 2 atom stereocenters. The maximum absolute atomic E-state index is 12.5. The molecule has 0 radical (unpaired) electrons. The Balaban J connectivity index is 2.88. The summed E-state index contributed by atoms with van der Waals surface area (Å²) in [6, 6.07) is 6.21. The van der Waals surface area contributed by atoms with E-state index in [1.165, 1.54) is 12.1 Å². The molecule has 0 bridgehead atoms. The number of aromatic carboxylic acids is 1. The summed E-state index contributed by atoms with van der Waals surface area (Å²) in [6.45, 7) is 13.6. The maximum atomic E-state index is 12.5. The lowest BCUT2D eigenvalue weighted by molar-refractivity contribution is 0.0294. The predicted molar refractivity (Wildman–Crippen MR) is 104 cm³/mol. The highest BCUT2D eigenvalue weighted by Gasteiger charge is 2.27. The summed E-state index contributed by atoms with van der Waals surface area (Å²) < 4.78 is 5.58. The molecule has 26 heavy (non-hydrogen) atoms. The van der Waals surface area contributed by atoms with Crippen LogP contribution in [-0.4, -0.2) is 23.7 Å². The Bertz CT molecular complexity index is 576. The van der Waals surface area contributed by atoms with Gasteiger partial charge in [0.15, 0.2) is 0 Å². The first-order valence-electron chi connectivity index (χ1n) is 9.62. The number of ether oxygens (including phenoxy) is 1. The van der Waals surface area contributed by atoms with Crippen LogP contribution in [0.3, 0.4) is 0 Å². The van der Waals surface area contributed by atoms with Crippen LogP contribution < -0.4 is 0 Å². The van der Waals surface area contributed by atoms with E-state index in [4.69, 9.17) is 4.74 Å². The van der Waals surface area contributed by atoms with Crippen LogP contribution in [0.1, 0.15) is 75.1 Å². The second-order valence-electron chi connectivity index (χ2n) is 8.33. The Morgan fingerprint density at radius 2 is 1.35 bits per heavy atom. The van der Waals surface area contributed by atoms with E-state index in [1.54, 1.807) is 12.1 Å². The third-order valence-electron chi connectivity index (χ3n) is 4.93. The van der Waals surface area contributed by atoms with Crippen LogP contribution in [0.5, 0.6) is 0 Å². The van der Waals surface area contributed by atoms with Crippen molar-refractivity contribution in [1.82, 2.24) is 0 Å². The Hall–Kier alpha value is -1.84. The molecule has 0 saturated carbocycles. The second-order valence-corrected chi connectivity index (χ2v) is 8.33. The molecule has 0 fully saturated rings. The fourth-order valence-corrected chi connectivity index (χ4v) is 3.82. The highest BCUT2D eigenvalue weighted by molar-refractivity contribution is 6.02. The van der Waals surface area contributed by atoms with Gasteiger partial charge < -0.3 is 9.84 Å². The van der Waals surface area contributed by atoms with Crippen LogP contribution in [0.15, 0.2) is 24.3 Å². The molecule has 0 amide bonds. The Labute approximate surface area is 158 Å². The van der Waals surface area contributed by atoms with Gasteiger partial charge in [-0.15, -0.1) is 0 Å². The van der Waals surface area contributed by atoms with Crippen molar-refractivity contribution in [2.45, 2.75) is 54.4 Å². The van der Waals surface area contributed by atoms with Crippen molar-refractivity contribution in [2.24, 2.45) is 29.6 Å². The smallest absolute Gasteiger partial charge is 0.339 e. The number of benzene rings is 1. The minimum atomic E-state index is -1.12. The largest absolute Gasteiger partial charge is 0.478 e. The molecule has 0 aliphatic rings. The zero-order valence-corrected chi connectivity index (χ0v) is 17.0. The van der Waals surface area contributed by atoms with Crippen molar-refractivity contribution in [3.05, 3.63) is 35.4 Å². The summed E-state index contributed by atoms with van der Waals surface area (Å²) in [5.74, 6) is 0.639. The molecule has 0 saturated heterocycles. The standard InChI is InChI=1S/C22H34O4/c1-14(2)11-16(5)20(17(6)12-15(3)4)13-26-22(25)19-10-8-7-9-18(19)21(23)24/h7-10,14-17,20H,11-13H2,1-6H3,(H,23,24). The van der Waals surface area contributed by atoms with Gasteiger partial charge in [0.25, 0.3) is 0 Å². The summed E-state index contributed by atoms with van der Waals surface area (Å²) in [7, 11) is 0. The first-order chi connectivity index (χ1) is 12.1. The lowest BCUT2D eigenvalue weighted by Gasteiger charge is -2.31. The molecule has 1 N–H and O–H groups in total. The van der Waals surface area contributed by atoms with Crippen LogP contribution in [0.2, 0.25) is 0 Å². The number of hydrogen-bond donors (Lipinski definition) is 1. The molecule has 146 valence electrons. The van der Waals surface area contributed by atoms with Crippen LogP contribution in [0.25, 0.3) is 0 Å². The number of carboxylic acids is 1. The minimum absolute atomic E-state index is 0.0143. The Morgan fingerprint density at radius 1 is 0.885 bits per heavy atom. The summed E-state index contributed by atoms with van der Waals surface area (Å²) in [5.41, 5.74) is 0.103. The molecule has 0 aromatic heterocycles. The van der Waals surface area contributed by atoms with Gasteiger partial charge in [-0.3, -0.25) is 0 Å². The second kappa shape index (κ2) is 10.3. The zero-order valence-electron chi connectivity index (χ0n) is 17.0. The van der Waals surface area contributed by atoms with Gasteiger partial charge in [0, 0.05) is 0 Å². The van der Waals surface area contributed by atoms with Crippen molar-refractivity contribution in [2.75, 3.05) is 6.61 Å². The summed E-state index contributed by atoms with van der Waals surface area (Å²) >= 11 is 0. The average molecular weight is 363 g/mol. The third-order valence-corrected chi connectivity index (χ3v) is 4.93. The molecule has 4 nitrogen and oxygen atoms in total. The minimum Gasteiger partial charge on any atom is -0.478 e. The fourth-order valence-electron chi connectivity index (χ4n) is 3.82. The maximum Gasteiger partial charge on any atom is 0.339 e. The molecule has 0 aliphatic carbocycles. The van der Waals surface area contributed by atoms with E-state index in [1.807, 2.05) is 0 Å². The molecule has 4 heteroatoms. The normalized spacial score (nSPS) is 14.9. The Kier molecular flexibility index (Phi) is 8.83. The molecule has 1 aromatic carbocycles. The van der Waals surface area contributed by atoms with Gasteiger partial charge in [0.2, 0.25) is 0 Å². The lowest BCUT2D eigenvalue weighted by atomic mass is 9.77. The molecular weight excluding hydrogens is 328 g/mol. The quantitative estimate of drug-likeness (QED) is 0.556. The molecule has 1 aromatic rings. The van der Waals surface area contributed by atoms with Crippen molar-refractivity contribution in [1.29, 1.82) is 0 Å². The van der Waals surface area contributed by atoms with Crippen molar-refractivity contribution in [3.8, 4) is 0 Å². The van der Waals surface area contributed by atoms with Gasteiger partial charge in [-0.05, 0) is 54.6 Å².